The van der Waals surface area contributed by atoms with Crippen molar-refractivity contribution in [2.24, 2.45) is 23.2 Å². The van der Waals surface area contributed by atoms with Crippen LogP contribution in [0.3, 0.4) is 0 Å². The van der Waals surface area contributed by atoms with E-state index in [1.54, 1.807) is 0 Å². The lowest BCUT2D eigenvalue weighted by molar-refractivity contribution is 0.0909. The zero-order chi connectivity index (χ0) is 18.2. The number of carbonyl (C=O) groups is 1. The van der Waals surface area contributed by atoms with Crippen molar-refractivity contribution in [3.63, 3.8) is 0 Å². The zero-order valence-corrected chi connectivity index (χ0v) is 17.7. The molecule has 1 saturated heterocycles. The maximum atomic E-state index is 12.4. The van der Waals surface area contributed by atoms with E-state index in [4.69, 9.17) is 12.3 Å². The highest BCUT2D eigenvalue weighted by Crippen LogP contribution is 2.71. The molecule has 3 nitrogen and oxygen atoms in total. The lowest BCUT2D eigenvalue weighted by Gasteiger charge is -2.41. The second kappa shape index (κ2) is 5.61. The van der Waals surface area contributed by atoms with Crippen LogP contribution in [0.1, 0.15) is 59.3 Å². The second-order valence-corrected chi connectivity index (χ2v) is 15.5. The van der Waals surface area contributed by atoms with E-state index in [2.05, 4.69) is 38.8 Å². The maximum Gasteiger partial charge on any atom is 0.200 e. The summed E-state index contributed by atoms with van der Waals surface area (Å²) in [6.45, 7) is 12.2. The van der Waals surface area contributed by atoms with Gasteiger partial charge in [-0.1, -0.05) is 27.2 Å². The molecule has 1 aliphatic heterocycles. The Morgan fingerprint density at radius 1 is 1.28 bits per heavy atom. The van der Waals surface area contributed by atoms with Gasteiger partial charge in [0.25, 0.3) is 0 Å². The third-order valence-electron chi connectivity index (χ3n) is 8.85. The smallest absolute Gasteiger partial charge is 0.200 e. The minimum Gasteiger partial charge on any atom is -0.415 e. The zero-order valence-electron chi connectivity index (χ0n) is 16.7. The summed E-state index contributed by atoms with van der Waals surface area (Å²) in [7, 11) is 4.10. The molecule has 3 aliphatic carbocycles. The van der Waals surface area contributed by atoms with Gasteiger partial charge < -0.3 is 9.33 Å². The van der Waals surface area contributed by atoms with Crippen molar-refractivity contribution in [2.45, 2.75) is 89.5 Å². The first-order chi connectivity index (χ1) is 11.6. The lowest BCUT2D eigenvalue weighted by Crippen LogP contribution is -2.49. The Kier molecular flexibility index (Phi) is 4.06. The van der Waals surface area contributed by atoms with Crippen LogP contribution < -0.4 is 0 Å². The van der Waals surface area contributed by atoms with Crippen LogP contribution in [0.2, 0.25) is 18.1 Å². The summed E-state index contributed by atoms with van der Waals surface area (Å²) in [4.78, 5) is 14.5. The Morgan fingerprint density at radius 2 is 2.00 bits per heavy atom. The molecule has 5 unspecified atom stereocenters. The molecule has 1 amide bonds. The molecule has 6 atom stereocenters. The summed E-state index contributed by atoms with van der Waals surface area (Å²) < 4.78 is 6.63. The van der Waals surface area contributed by atoms with Crippen LogP contribution in [0.4, 0.5) is 4.79 Å². The average molecular weight is 359 g/mol. The van der Waals surface area contributed by atoms with E-state index in [1.165, 1.54) is 32.1 Å². The second-order valence-electron chi connectivity index (χ2n) is 10.7. The van der Waals surface area contributed by atoms with Gasteiger partial charge in [-0.2, -0.15) is 0 Å². The Bertz CT molecular complexity index is 575. The van der Waals surface area contributed by atoms with Crippen molar-refractivity contribution in [3.8, 4) is 0 Å². The van der Waals surface area contributed by atoms with E-state index in [1.807, 2.05) is 0 Å². The number of hydrogen-bond acceptors (Lipinski definition) is 2. The molecule has 5 heteroatoms. The van der Waals surface area contributed by atoms with E-state index < -0.39 is 8.32 Å². The third-order valence-corrected chi connectivity index (χ3v) is 13.4. The van der Waals surface area contributed by atoms with Crippen molar-refractivity contribution in [1.29, 1.82) is 0 Å². The molecule has 0 N–H and O–H groups in total. The normalized spacial score (nSPS) is 42.8. The van der Waals surface area contributed by atoms with Crippen LogP contribution in [0.5, 0.6) is 0 Å². The van der Waals surface area contributed by atoms with Crippen LogP contribution >= 0.6 is 0 Å². The van der Waals surface area contributed by atoms with Crippen LogP contribution in [-0.4, -0.2) is 45.6 Å². The number of nitrogens with zero attached hydrogens (tertiary/aromatic N) is 1. The van der Waals surface area contributed by atoms with Gasteiger partial charge in [0.15, 0.2) is 14.1 Å². The minimum atomic E-state index is -1.82. The molecule has 1 heterocycles. The van der Waals surface area contributed by atoms with Gasteiger partial charge in [0.1, 0.15) is 0 Å². The van der Waals surface area contributed by atoms with Gasteiger partial charge in [-0.3, -0.25) is 4.79 Å². The first kappa shape index (κ1) is 18.1. The summed E-state index contributed by atoms with van der Waals surface area (Å²) in [5.74, 6) is 2.05. The highest BCUT2D eigenvalue weighted by molar-refractivity contribution is 6.74. The van der Waals surface area contributed by atoms with Gasteiger partial charge in [0.2, 0.25) is 7.85 Å². The fraction of sp³-hybridized carbons (Fsp3) is 0.950. The fourth-order valence-corrected chi connectivity index (χ4v) is 7.95. The summed E-state index contributed by atoms with van der Waals surface area (Å²) in [5.41, 5.74) is 0.374. The molecule has 0 aromatic rings. The molecule has 2 bridgehead atoms. The van der Waals surface area contributed by atoms with Crippen molar-refractivity contribution < 1.29 is 9.22 Å². The maximum absolute atomic E-state index is 12.4. The fourth-order valence-electron chi connectivity index (χ4n) is 6.93. The summed E-state index contributed by atoms with van der Waals surface area (Å²) in [5, 5.41) is 0.200. The number of likely N-dealkylation sites (tertiary alicyclic amines) is 1. The average Bonchev–Trinajstić information content (AvgIpc) is 3.20. The van der Waals surface area contributed by atoms with E-state index in [0.717, 1.165) is 18.3 Å². The topological polar surface area (TPSA) is 29.5 Å². The summed E-state index contributed by atoms with van der Waals surface area (Å²) in [6, 6.07) is 0.602. The quantitative estimate of drug-likeness (QED) is 0.691. The van der Waals surface area contributed by atoms with Gasteiger partial charge in [0.05, 0.1) is 12.6 Å². The Labute approximate surface area is 155 Å². The lowest BCUT2D eigenvalue weighted by atomic mass is 9.64. The monoisotopic (exact) mass is 359 g/mol. The SMILES string of the molecule is [B]C(=O)N1C2CCCC23C2CCC(C2)C3[C@H]1CO[Si](C)(C)C(C)(C)C. The molecule has 0 aromatic carbocycles. The largest absolute Gasteiger partial charge is 0.415 e. The highest BCUT2D eigenvalue weighted by Gasteiger charge is 2.71. The van der Waals surface area contributed by atoms with Gasteiger partial charge >= 0.3 is 0 Å². The molecule has 3 saturated carbocycles. The van der Waals surface area contributed by atoms with Gasteiger partial charge in [-0.25, -0.2) is 0 Å². The predicted octanol–water partition coefficient (Wildman–Crippen LogP) is 4.57. The first-order valence-corrected chi connectivity index (χ1v) is 13.2. The molecule has 4 aliphatic rings. The highest BCUT2D eigenvalue weighted by atomic mass is 28.4. The van der Waals surface area contributed by atoms with Crippen molar-refractivity contribution in [3.05, 3.63) is 0 Å². The van der Waals surface area contributed by atoms with E-state index in [0.29, 0.717) is 24.0 Å². The predicted molar refractivity (Wildman–Crippen MR) is 104 cm³/mol. The molecule has 138 valence electrons. The number of carbonyl (C=O) groups excluding carboxylic acids is 1. The van der Waals surface area contributed by atoms with Crippen LogP contribution in [0.15, 0.2) is 0 Å². The Balaban J connectivity index is 1.63. The first-order valence-electron chi connectivity index (χ1n) is 10.3. The van der Waals surface area contributed by atoms with Crippen LogP contribution in [0.25, 0.3) is 0 Å². The number of fused-ring (bicyclic) bond motifs is 3. The van der Waals surface area contributed by atoms with Crippen LogP contribution in [0, 0.1) is 23.2 Å². The molecule has 4 rings (SSSR count). The van der Waals surface area contributed by atoms with Gasteiger partial charge in [0, 0.05) is 6.04 Å². The number of amides is 1. The molecule has 4 fully saturated rings. The molecular formula is C20H34BNO2Si. The molecule has 2 radical (unpaired) electrons. The molecule has 1 spiro atoms. The third kappa shape index (κ3) is 2.37. The van der Waals surface area contributed by atoms with Crippen molar-refractivity contribution >= 4 is 22.0 Å². The minimum absolute atomic E-state index is 0.200. The van der Waals surface area contributed by atoms with E-state index in [9.17, 15) is 4.79 Å². The van der Waals surface area contributed by atoms with E-state index >= 15 is 0 Å². The summed E-state index contributed by atoms with van der Waals surface area (Å²) >= 11 is 0. The number of hydrogen-bond donors (Lipinski definition) is 0. The Hall–Kier alpha value is -0.288. The molecular weight excluding hydrogens is 325 g/mol. The molecule has 25 heavy (non-hydrogen) atoms. The van der Waals surface area contributed by atoms with E-state index in [-0.39, 0.29) is 16.9 Å². The van der Waals surface area contributed by atoms with Crippen molar-refractivity contribution in [1.82, 2.24) is 4.90 Å². The Morgan fingerprint density at radius 3 is 2.64 bits per heavy atom. The standard InChI is InChI=1S/C20H34BNO2Si/c1-19(2,3)25(4,5)24-12-15-17-13-8-9-14(11-13)20(17)10-6-7-16(20)22(15)18(21)23/h13-17H,6-12H2,1-5H3/t13?,14?,15-,16?,17?,20?/m1/s1. The van der Waals surface area contributed by atoms with Crippen molar-refractivity contribution in [2.75, 3.05) is 6.61 Å². The molecule has 0 aromatic heterocycles. The van der Waals surface area contributed by atoms with Gasteiger partial charge in [-0.05, 0) is 73.4 Å². The van der Waals surface area contributed by atoms with Gasteiger partial charge in [-0.15, -0.1) is 0 Å². The van der Waals surface area contributed by atoms with Crippen LogP contribution in [-0.2, 0) is 4.43 Å². The number of rotatable bonds is 3. The summed E-state index contributed by atoms with van der Waals surface area (Å²) in [6.07, 6.45) is 7.85.